The molecule has 0 fully saturated rings. The maximum atomic E-state index is 11.6. The van der Waals surface area contributed by atoms with Crippen molar-refractivity contribution < 1.29 is 23.6 Å². The number of carbonyl (C=O) groups is 2. The number of rotatable bonds is 13. The van der Waals surface area contributed by atoms with Gasteiger partial charge in [0.15, 0.2) is 12.4 Å². The summed E-state index contributed by atoms with van der Waals surface area (Å²) in [6.07, 6.45) is 17.6. The summed E-state index contributed by atoms with van der Waals surface area (Å²) in [6.45, 7) is 1.89. The Balaban J connectivity index is 1.35. The second-order valence-corrected chi connectivity index (χ2v) is 8.45. The Labute approximate surface area is 201 Å². The van der Waals surface area contributed by atoms with E-state index in [4.69, 9.17) is 9.47 Å². The van der Waals surface area contributed by atoms with Crippen molar-refractivity contribution >= 4 is 28.9 Å². The van der Waals surface area contributed by atoms with Crippen molar-refractivity contribution in [3.05, 3.63) is 72.2 Å². The Morgan fingerprint density at radius 1 is 0.912 bits per heavy atom. The molecule has 1 aromatic carbocycles. The Morgan fingerprint density at radius 2 is 1.65 bits per heavy atom. The quantitative estimate of drug-likeness (QED) is 0.149. The Kier molecular flexibility index (Phi) is 9.89. The normalized spacial score (nSPS) is 11.2. The minimum atomic E-state index is -0.342. The van der Waals surface area contributed by atoms with Gasteiger partial charge in [-0.05, 0) is 31.1 Å². The molecule has 0 saturated carbocycles. The van der Waals surface area contributed by atoms with Crippen molar-refractivity contribution in [1.82, 2.24) is 4.57 Å². The van der Waals surface area contributed by atoms with Crippen LogP contribution in [-0.4, -0.2) is 30.7 Å². The van der Waals surface area contributed by atoms with Crippen molar-refractivity contribution in [2.45, 2.75) is 58.0 Å². The highest BCUT2D eigenvalue weighted by Gasteiger charge is 2.10. The zero-order valence-corrected chi connectivity index (χ0v) is 20.2. The van der Waals surface area contributed by atoms with Crippen LogP contribution < -0.4 is 4.57 Å². The number of carbonyl (C=O) groups excluding carboxylic acids is 2. The molecule has 3 rings (SSSR count). The molecule has 0 atom stereocenters. The van der Waals surface area contributed by atoms with Crippen LogP contribution >= 0.6 is 0 Å². The summed E-state index contributed by atoms with van der Waals surface area (Å²) >= 11 is 0. The Hall–Kier alpha value is -3.41. The molecule has 0 spiro atoms. The number of aryl methyl sites for hydroxylation is 2. The number of benzene rings is 1. The van der Waals surface area contributed by atoms with Crippen LogP contribution in [-0.2, 0) is 27.4 Å². The first-order chi connectivity index (χ1) is 16.6. The standard InChI is InChI=1S/C28H35N2O4/c1-33-27(31)17-16-23-22-30(26-15-9-8-14-25(23)26)20-11-7-5-3-4-6-10-18-29-19-12-13-24(21-29)28(32)34-2/h8-9,12-17,19,21-22H,3-7,10-11,18,20H2,1-2H3/q+1/b17-16+. The van der Waals surface area contributed by atoms with Crippen LogP contribution in [0.4, 0.5) is 0 Å². The molecule has 0 aliphatic rings. The molecule has 0 radical (unpaired) electrons. The smallest absolute Gasteiger partial charge is 0.343 e. The van der Waals surface area contributed by atoms with E-state index < -0.39 is 0 Å². The SMILES string of the molecule is COC(=O)/C=C/c1cn(CCCCCCCCC[n+]2cccc(C(=O)OC)c2)c2ccccc12. The fraction of sp³-hybridized carbons (Fsp3) is 0.393. The average Bonchev–Trinajstić information content (AvgIpc) is 3.23. The number of hydrogen-bond acceptors (Lipinski definition) is 4. The van der Waals surface area contributed by atoms with E-state index >= 15 is 0 Å². The number of unbranched alkanes of at least 4 members (excludes halogenated alkanes) is 6. The lowest BCUT2D eigenvalue weighted by molar-refractivity contribution is -0.697. The van der Waals surface area contributed by atoms with Crippen LogP contribution in [0.1, 0.15) is 60.9 Å². The summed E-state index contributed by atoms with van der Waals surface area (Å²) in [6, 6.07) is 12.0. The van der Waals surface area contributed by atoms with E-state index in [2.05, 4.69) is 33.5 Å². The van der Waals surface area contributed by atoms with Crippen LogP contribution in [0.25, 0.3) is 17.0 Å². The topological polar surface area (TPSA) is 61.4 Å². The van der Waals surface area contributed by atoms with E-state index in [-0.39, 0.29) is 11.9 Å². The molecule has 6 nitrogen and oxygen atoms in total. The summed E-state index contributed by atoms with van der Waals surface area (Å²) in [5.41, 5.74) is 2.82. The molecule has 2 aromatic heterocycles. The van der Waals surface area contributed by atoms with Gasteiger partial charge in [-0.3, -0.25) is 0 Å². The van der Waals surface area contributed by atoms with Crippen molar-refractivity contribution in [3.63, 3.8) is 0 Å². The first-order valence-electron chi connectivity index (χ1n) is 12.0. The van der Waals surface area contributed by atoms with Gasteiger partial charge in [-0.25, -0.2) is 14.2 Å². The third kappa shape index (κ3) is 7.30. The van der Waals surface area contributed by atoms with Gasteiger partial charge in [-0.1, -0.05) is 43.9 Å². The molecule has 180 valence electrons. The third-order valence-corrected chi connectivity index (χ3v) is 6.01. The number of nitrogens with zero attached hydrogens (tertiary/aromatic N) is 2. The summed E-state index contributed by atoms with van der Waals surface area (Å²) in [4.78, 5) is 23.1. The summed E-state index contributed by atoms with van der Waals surface area (Å²) in [5.74, 6) is -0.638. The van der Waals surface area contributed by atoms with E-state index in [9.17, 15) is 9.59 Å². The maximum Gasteiger partial charge on any atom is 0.343 e. The first kappa shape index (κ1) is 25.2. The lowest BCUT2D eigenvalue weighted by Crippen LogP contribution is -2.33. The van der Waals surface area contributed by atoms with Gasteiger partial charge in [0.25, 0.3) is 0 Å². The number of pyridine rings is 1. The lowest BCUT2D eigenvalue weighted by Gasteiger charge is -2.05. The van der Waals surface area contributed by atoms with E-state index in [1.54, 1.807) is 6.07 Å². The molecule has 0 aliphatic carbocycles. The van der Waals surface area contributed by atoms with Gasteiger partial charge in [0.1, 0.15) is 12.1 Å². The molecule has 6 heteroatoms. The number of ether oxygens (including phenoxy) is 2. The van der Waals surface area contributed by atoms with Crippen molar-refractivity contribution in [2.24, 2.45) is 0 Å². The summed E-state index contributed by atoms with van der Waals surface area (Å²) in [5, 5.41) is 1.15. The fourth-order valence-electron chi connectivity index (χ4n) is 4.18. The lowest BCUT2D eigenvalue weighted by atomic mass is 10.1. The van der Waals surface area contributed by atoms with Gasteiger partial charge in [0.05, 0.1) is 14.2 Å². The highest BCUT2D eigenvalue weighted by atomic mass is 16.5. The minimum Gasteiger partial charge on any atom is -0.466 e. The van der Waals surface area contributed by atoms with Gasteiger partial charge in [-0.15, -0.1) is 0 Å². The second kappa shape index (κ2) is 13.3. The van der Waals surface area contributed by atoms with E-state index in [1.807, 2.05) is 30.6 Å². The summed E-state index contributed by atoms with van der Waals surface area (Å²) in [7, 11) is 2.79. The van der Waals surface area contributed by atoms with Gasteiger partial charge >= 0.3 is 11.9 Å². The van der Waals surface area contributed by atoms with E-state index in [0.717, 1.165) is 36.9 Å². The molecular weight excluding hydrogens is 428 g/mol. The van der Waals surface area contributed by atoms with E-state index in [0.29, 0.717) is 5.56 Å². The van der Waals surface area contributed by atoms with Gasteiger partial charge in [-0.2, -0.15) is 0 Å². The van der Waals surface area contributed by atoms with Crippen LogP contribution in [0, 0.1) is 0 Å². The number of fused-ring (bicyclic) bond motifs is 1. The molecule has 0 bridgehead atoms. The van der Waals surface area contributed by atoms with Gasteiger partial charge < -0.3 is 14.0 Å². The molecule has 0 aliphatic heterocycles. The number of esters is 2. The number of methoxy groups -OCH3 is 2. The molecule has 2 heterocycles. The van der Waals surface area contributed by atoms with Crippen LogP contribution in [0.3, 0.4) is 0 Å². The zero-order valence-electron chi connectivity index (χ0n) is 20.2. The third-order valence-electron chi connectivity index (χ3n) is 6.01. The predicted octanol–water partition coefficient (Wildman–Crippen LogP) is 5.33. The number of aromatic nitrogens is 2. The monoisotopic (exact) mass is 463 g/mol. The largest absolute Gasteiger partial charge is 0.466 e. The molecule has 0 N–H and O–H groups in total. The van der Waals surface area contributed by atoms with Crippen LogP contribution in [0.5, 0.6) is 0 Å². The predicted molar refractivity (Wildman–Crippen MR) is 133 cm³/mol. The van der Waals surface area contributed by atoms with Crippen molar-refractivity contribution in [1.29, 1.82) is 0 Å². The van der Waals surface area contributed by atoms with E-state index in [1.165, 1.54) is 57.9 Å². The highest BCUT2D eigenvalue weighted by Crippen LogP contribution is 2.23. The van der Waals surface area contributed by atoms with Crippen LogP contribution in [0.2, 0.25) is 0 Å². The molecule has 34 heavy (non-hydrogen) atoms. The van der Waals surface area contributed by atoms with Crippen molar-refractivity contribution in [3.8, 4) is 0 Å². The fourth-order valence-corrected chi connectivity index (χ4v) is 4.18. The first-order valence-corrected chi connectivity index (χ1v) is 12.0. The Morgan fingerprint density at radius 3 is 2.41 bits per heavy atom. The number of para-hydroxylation sites is 1. The second-order valence-electron chi connectivity index (χ2n) is 8.45. The molecule has 0 saturated heterocycles. The Bertz CT molecular complexity index is 1120. The highest BCUT2D eigenvalue weighted by molar-refractivity contribution is 5.94. The molecule has 0 unspecified atom stereocenters. The number of hydrogen-bond donors (Lipinski definition) is 0. The van der Waals surface area contributed by atoms with Gasteiger partial charge in [0.2, 0.25) is 0 Å². The zero-order chi connectivity index (χ0) is 24.2. The molecular formula is C28H35N2O4+. The molecule has 0 amide bonds. The van der Waals surface area contributed by atoms with Crippen molar-refractivity contribution in [2.75, 3.05) is 14.2 Å². The van der Waals surface area contributed by atoms with Gasteiger partial charge in [0, 0.05) is 47.8 Å². The average molecular weight is 464 g/mol. The molecule has 3 aromatic rings. The summed E-state index contributed by atoms with van der Waals surface area (Å²) < 4.78 is 13.8. The van der Waals surface area contributed by atoms with Crippen LogP contribution in [0.15, 0.2) is 61.1 Å². The maximum absolute atomic E-state index is 11.6. The minimum absolute atomic E-state index is 0.295.